The van der Waals surface area contributed by atoms with E-state index in [0.29, 0.717) is 12.2 Å². The second-order valence-corrected chi connectivity index (χ2v) is 7.13. The number of hydrogen-bond donors (Lipinski definition) is 1. The van der Waals surface area contributed by atoms with Gasteiger partial charge in [0.25, 0.3) is 0 Å². The van der Waals surface area contributed by atoms with Gasteiger partial charge in [-0.2, -0.15) is 0 Å². The predicted octanol–water partition coefficient (Wildman–Crippen LogP) is 2.87. The summed E-state index contributed by atoms with van der Waals surface area (Å²) in [6.45, 7) is -0.0721. The Kier molecular flexibility index (Phi) is 4.61. The Hall–Kier alpha value is -2.26. The van der Waals surface area contributed by atoms with Gasteiger partial charge in [0, 0.05) is 13.0 Å². The third-order valence-corrected chi connectivity index (χ3v) is 5.04. The van der Waals surface area contributed by atoms with E-state index in [0.717, 1.165) is 17.7 Å². The highest BCUT2D eigenvalue weighted by Gasteiger charge is 2.34. The van der Waals surface area contributed by atoms with Gasteiger partial charge in [0.1, 0.15) is 22.5 Å². The molecule has 3 rings (SSSR count). The first kappa shape index (κ1) is 17.6. The molecule has 9 heteroatoms. The molecule has 0 aromatic heterocycles. The zero-order valence-corrected chi connectivity index (χ0v) is 13.6. The van der Waals surface area contributed by atoms with Crippen LogP contribution in [0, 0.1) is 0 Å². The van der Waals surface area contributed by atoms with Crippen molar-refractivity contribution in [3.05, 3.63) is 54.1 Å². The number of sulfonamides is 1. The number of para-hydroxylation sites is 2. The number of fused-ring (bicyclic) bond motifs is 1. The van der Waals surface area contributed by atoms with E-state index in [9.17, 15) is 21.6 Å². The number of hydrogen-bond acceptors (Lipinski definition) is 4. The average Bonchev–Trinajstić information content (AvgIpc) is 2.95. The summed E-state index contributed by atoms with van der Waals surface area (Å²) in [5.41, 5.74) is 0.951. The molecule has 0 saturated carbocycles. The molecule has 1 atom stereocenters. The summed E-state index contributed by atoms with van der Waals surface area (Å²) in [6, 6.07) is 11.9. The molecule has 134 valence electrons. The topological polar surface area (TPSA) is 64.6 Å². The third kappa shape index (κ3) is 4.23. The lowest BCUT2D eigenvalue weighted by Crippen LogP contribution is -2.34. The van der Waals surface area contributed by atoms with E-state index in [1.54, 1.807) is 12.1 Å². The van der Waals surface area contributed by atoms with E-state index in [1.165, 1.54) is 12.1 Å². The molecule has 1 aliphatic heterocycles. The lowest BCUT2D eigenvalue weighted by molar-refractivity contribution is -0.275. The summed E-state index contributed by atoms with van der Waals surface area (Å²) in [7, 11) is -4.19. The SMILES string of the molecule is O=S(=O)(NC[C@H]1Cc2ccccc2O1)c1ccccc1OC(F)(F)F. The first-order chi connectivity index (χ1) is 11.7. The fourth-order valence-electron chi connectivity index (χ4n) is 2.53. The van der Waals surface area contributed by atoms with Crippen LogP contribution in [0.3, 0.4) is 0 Å². The summed E-state index contributed by atoms with van der Waals surface area (Å²) in [4.78, 5) is -0.581. The Balaban J connectivity index is 1.71. The molecule has 5 nitrogen and oxygen atoms in total. The molecule has 0 fully saturated rings. The predicted molar refractivity (Wildman–Crippen MR) is 82.9 cm³/mol. The fraction of sp³-hybridized carbons (Fsp3) is 0.250. The van der Waals surface area contributed by atoms with Crippen LogP contribution in [0.4, 0.5) is 13.2 Å². The minimum Gasteiger partial charge on any atom is -0.488 e. The Morgan fingerprint density at radius 1 is 1.12 bits per heavy atom. The van der Waals surface area contributed by atoms with Gasteiger partial charge in [-0.1, -0.05) is 30.3 Å². The number of halogens is 3. The summed E-state index contributed by atoms with van der Waals surface area (Å²) >= 11 is 0. The normalized spacial score (nSPS) is 17.0. The van der Waals surface area contributed by atoms with Gasteiger partial charge < -0.3 is 9.47 Å². The van der Waals surface area contributed by atoms with Crippen molar-refractivity contribution in [2.45, 2.75) is 23.8 Å². The highest BCUT2D eigenvalue weighted by molar-refractivity contribution is 7.89. The van der Waals surface area contributed by atoms with Crippen molar-refractivity contribution in [3.63, 3.8) is 0 Å². The molecule has 0 aliphatic carbocycles. The van der Waals surface area contributed by atoms with Crippen molar-refractivity contribution >= 4 is 10.0 Å². The monoisotopic (exact) mass is 373 g/mol. The first-order valence-corrected chi connectivity index (χ1v) is 8.82. The largest absolute Gasteiger partial charge is 0.573 e. The van der Waals surface area contributed by atoms with Crippen molar-refractivity contribution in [1.82, 2.24) is 4.72 Å². The van der Waals surface area contributed by atoms with Crippen LogP contribution in [-0.2, 0) is 16.4 Å². The van der Waals surface area contributed by atoms with E-state index in [-0.39, 0.29) is 6.54 Å². The standard InChI is InChI=1S/C16H14F3NO4S/c17-16(18,19)24-14-7-3-4-8-15(14)25(21,22)20-10-12-9-11-5-1-2-6-13(11)23-12/h1-8,12,20H,9-10H2/t12-/m1/s1. The maximum absolute atomic E-state index is 12.4. The molecule has 0 radical (unpaired) electrons. The van der Waals surface area contributed by atoms with Crippen molar-refractivity contribution < 1.29 is 31.1 Å². The summed E-state index contributed by atoms with van der Waals surface area (Å²) in [5, 5.41) is 0. The van der Waals surface area contributed by atoms with Gasteiger partial charge >= 0.3 is 6.36 Å². The van der Waals surface area contributed by atoms with E-state index in [2.05, 4.69) is 9.46 Å². The van der Waals surface area contributed by atoms with Gasteiger partial charge in [-0.3, -0.25) is 0 Å². The quantitative estimate of drug-likeness (QED) is 0.875. The van der Waals surface area contributed by atoms with Gasteiger partial charge in [0.15, 0.2) is 0 Å². The lowest BCUT2D eigenvalue weighted by atomic mass is 10.1. The molecule has 2 aromatic carbocycles. The van der Waals surface area contributed by atoms with Gasteiger partial charge in [-0.25, -0.2) is 13.1 Å². The second kappa shape index (κ2) is 6.57. The maximum Gasteiger partial charge on any atom is 0.573 e. The van der Waals surface area contributed by atoms with Crippen LogP contribution in [0.1, 0.15) is 5.56 Å². The summed E-state index contributed by atoms with van der Waals surface area (Å²) in [5.74, 6) is -0.106. The highest BCUT2D eigenvalue weighted by Crippen LogP contribution is 2.30. The van der Waals surface area contributed by atoms with Crippen molar-refractivity contribution in [1.29, 1.82) is 0 Å². The molecule has 2 aromatic rings. The molecule has 0 saturated heterocycles. The number of ether oxygens (including phenoxy) is 2. The van der Waals surface area contributed by atoms with Gasteiger partial charge in [0.05, 0.1) is 0 Å². The number of rotatable bonds is 5. The Morgan fingerprint density at radius 2 is 1.80 bits per heavy atom. The second-order valence-electron chi connectivity index (χ2n) is 5.40. The molecule has 0 unspecified atom stereocenters. The third-order valence-electron chi connectivity index (χ3n) is 3.58. The van der Waals surface area contributed by atoms with Crippen LogP contribution in [0.2, 0.25) is 0 Å². The van der Waals surface area contributed by atoms with Crippen LogP contribution >= 0.6 is 0 Å². The number of nitrogens with one attached hydrogen (secondary N) is 1. The average molecular weight is 373 g/mol. The molecule has 0 bridgehead atoms. The first-order valence-electron chi connectivity index (χ1n) is 7.33. The zero-order chi connectivity index (χ0) is 18.1. The smallest absolute Gasteiger partial charge is 0.488 e. The molecule has 25 heavy (non-hydrogen) atoms. The molecule has 0 amide bonds. The van der Waals surface area contributed by atoms with Crippen LogP contribution in [-0.4, -0.2) is 27.4 Å². The highest BCUT2D eigenvalue weighted by atomic mass is 32.2. The summed E-state index contributed by atoms with van der Waals surface area (Å²) < 4.78 is 73.7. The Bertz CT molecular complexity index is 843. The fourth-order valence-corrected chi connectivity index (χ4v) is 3.72. The van der Waals surface area contributed by atoms with Crippen molar-refractivity contribution in [2.75, 3.05) is 6.54 Å². The molecule has 1 N–H and O–H groups in total. The van der Waals surface area contributed by atoms with Crippen LogP contribution < -0.4 is 14.2 Å². The molecule has 1 heterocycles. The minimum atomic E-state index is -4.98. The number of alkyl halides is 3. The van der Waals surface area contributed by atoms with E-state index < -0.39 is 33.1 Å². The minimum absolute atomic E-state index is 0.0721. The van der Waals surface area contributed by atoms with Crippen molar-refractivity contribution in [2.24, 2.45) is 0 Å². The zero-order valence-electron chi connectivity index (χ0n) is 12.8. The Morgan fingerprint density at radius 3 is 2.52 bits per heavy atom. The van der Waals surface area contributed by atoms with Crippen molar-refractivity contribution in [3.8, 4) is 11.5 Å². The number of benzene rings is 2. The van der Waals surface area contributed by atoms with Gasteiger partial charge in [-0.15, -0.1) is 13.2 Å². The molecular formula is C16H14F3NO4S. The van der Waals surface area contributed by atoms with E-state index in [4.69, 9.17) is 4.74 Å². The molecule has 1 aliphatic rings. The van der Waals surface area contributed by atoms with Crippen LogP contribution in [0.25, 0.3) is 0 Å². The maximum atomic E-state index is 12.4. The molecule has 0 spiro atoms. The van der Waals surface area contributed by atoms with Crippen LogP contribution in [0.5, 0.6) is 11.5 Å². The summed E-state index contributed by atoms with van der Waals surface area (Å²) in [6.07, 6.45) is -4.90. The molecular weight excluding hydrogens is 359 g/mol. The van der Waals surface area contributed by atoms with E-state index >= 15 is 0 Å². The Labute approximate surface area is 142 Å². The van der Waals surface area contributed by atoms with Gasteiger partial charge in [-0.05, 0) is 23.8 Å². The lowest BCUT2D eigenvalue weighted by Gasteiger charge is -2.15. The van der Waals surface area contributed by atoms with Crippen LogP contribution in [0.15, 0.2) is 53.4 Å². The van der Waals surface area contributed by atoms with Gasteiger partial charge in [0.2, 0.25) is 10.0 Å². The van der Waals surface area contributed by atoms with E-state index in [1.807, 2.05) is 12.1 Å².